The second-order valence-electron chi connectivity index (χ2n) is 6.38. The number of carbonyl (C=O) groups excluding carboxylic acids is 2. The van der Waals surface area contributed by atoms with Crippen LogP contribution < -0.4 is 5.32 Å². The molecule has 6 nitrogen and oxygen atoms in total. The number of amides is 1. The van der Waals surface area contributed by atoms with Gasteiger partial charge in [0.1, 0.15) is 0 Å². The molecular formula is C18H24N2O4. The Morgan fingerprint density at radius 1 is 1.12 bits per heavy atom. The molecule has 0 aliphatic carbocycles. The first kappa shape index (κ1) is 17.1. The highest BCUT2D eigenvalue weighted by atomic mass is 16.7. The number of ether oxygens (including phenoxy) is 2. The summed E-state index contributed by atoms with van der Waals surface area (Å²) in [7, 11) is 0. The van der Waals surface area contributed by atoms with Crippen LogP contribution in [0.3, 0.4) is 0 Å². The van der Waals surface area contributed by atoms with Crippen LogP contribution in [-0.2, 0) is 14.3 Å². The first-order valence-electron chi connectivity index (χ1n) is 8.47. The van der Waals surface area contributed by atoms with Crippen LogP contribution in [0.25, 0.3) is 0 Å². The molecule has 1 aromatic carbocycles. The minimum absolute atomic E-state index is 0.0146. The molecule has 1 N–H and O–H groups in total. The predicted octanol–water partition coefficient (Wildman–Crippen LogP) is 2.06. The summed E-state index contributed by atoms with van der Waals surface area (Å²) in [6, 6.07) is 6.97. The van der Waals surface area contributed by atoms with Crippen molar-refractivity contribution in [1.29, 1.82) is 0 Å². The number of piperidine rings is 1. The Hall–Kier alpha value is -1.76. The Morgan fingerprint density at radius 2 is 1.75 bits per heavy atom. The summed E-state index contributed by atoms with van der Waals surface area (Å²) in [4.78, 5) is 25.6. The Balaban J connectivity index is 1.40. The lowest BCUT2D eigenvalue weighted by atomic mass is 10.0. The molecule has 0 saturated carbocycles. The Morgan fingerprint density at radius 3 is 2.33 bits per heavy atom. The number of anilines is 1. The molecule has 0 atom stereocenters. The van der Waals surface area contributed by atoms with Gasteiger partial charge in [-0.15, -0.1) is 0 Å². The Bertz CT molecular complexity index is 584. The van der Waals surface area contributed by atoms with Crippen LogP contribution in [0.2, 0.25) is 0 Å². The summed E-state index contributed by atoms with van der Waals surface area (Å²) in [6.07, 6.45) is 2.17. The first-order valence-corrected chi connectivity index (χ1v) is 8.47. The fourth-order valence-corrected chi connectivity index (χ4v) is 3.17. The van der Waals surface area contributed by atoms with Crippen LogP contribution in [0.15, 0.2) is 24.3 Å². The van der Waals surface area contributed by atoms with Gasteiger partial charge in [-0.25, -0.2) is 0 Å². The monoisotopic (exact) mass is 332 g/mol. The van der Waals surface area contributed by atoms with E-state index in [1.54, 1.807) is 24.3 Å². The molecule has 1 aromatic rings. The molecule has 0 radical (unpaired) electrons. The second-order valence-corrected chi connectivity index (χ2v) is 6.38. The van der Waals surface area contributed by atoms with Crippen LogP contribution in [0.4, 0.5) is 5.69 Å². The van der Waals surface area contributed by atoms with Crippen molar-refractivity contribution in [1.82, 2.24) is 4.90 Å². The van der Waals surface area contributed by atoms with Crippen LogP contribution >= 0.6 is 0 Å². The van der Waals surface area contributed by atoms with E-state index >= 15 is 0 Å². The van der Waals surface area contributed by atoms with Crippen LogP contribution in [0, 0.1) is 0 Å². The summed E-state index contributed by atoms with van der Waals surface area (Å²) in [5.41, 5.74) is 1.36. The van der Waals surface area contributed by atoms with E-state index in [0.717, 1.165) is 38.2 Å². The number of hydrogen-bond donors (Lipinski definition) is 1. The molecule has 2 saturated heterocycles. The minimum Gasteiger partial charge on any atom is -0.347 e. The van der Waals surface area contributed by atoms with E-state index in [2.05, 4.69) is 10.2 Å². The van der Waals surface area contributed by atoms with Crippen molar-refractivity contribution in [2.75, 3.05) is 38.2 Å². The van der Waals surface area contributed by atoms with Crippen LogP contribution in [0.5, 0.6) is 0 Å². The van der Waals surface area contributed by atoms with Gasteiger partial charge < -0.3 is 19.7 Å². The van der Waals surface area contributed by atoms with Gasteiger partial charge in [0.05, 0.1) is 13.2 Å². The number of likely N-dealkylation sites (tertiary alicyclic amines) is 1. The van der Waals surface area contributed by atoms with Gasteiger partial charge in [0.15, 0.2) is 11.6 Å². The third-order valence-electron chi connectivity index (χ3n) is 4.66. The van der Waals surface area contributed by atoms with E-state index in [-0.39, 0.29) is 17.5 Å². The average molecular weight is 332 g/mol. The first-order chi connectivity index (χ1) is 11.6. The minimum atomic E-state index is -0.364. The molecular weight excluding hydrogens is 308 g/mol. The van der Waals surface area contributed by atoms with Crippen LogP contribution in [-0.4, -0.2) is 55.2 Å². The Kier molecular flexibility index (Phi) is 5.28. The normalized spacial score (nSPS) is 20.2. The summed E-state index contributed by atoms with van der Waals surface area (Å²) >= 11 is 0. The highest BCUT2D eigenvalue weighted by Crippen LogP contribution is 2.31. The molecule has 1 spiro atoms. The fraction of sp³-hybridized carbons (Fsp3) is 0.556. The number of nitrogens with one attached hydrogen (secondary N) is 1. The third kappa shape index (κ3) is 4.20. The molecule has 3 rings (SSSR count). The van der Waals surface area contributed by atoms with Gasteiger partial charge in [0.2, 0.25) is 5.91 Å². The van der Waals surface area contributed by atoms with Gasteiger partial charge in [0, 0.05) is 50.1 Å². The molecule has 6 heteroatoms. The average Bonchev–Trinajstić information content (AvgIpc) is 3.03. The van der Waals surface area contributed by atoms with Gasteiger partial charge >= 0.3 is 0 Å². The number of ketones is 1. The van der Waals surface area contributed by atoms with Gasteiger partial charge in [-0.05, 0) is 31.2 Å². The largest absolute Gasteiger partial charge is 0.347 e. The smallest absolute Gasteiger partial charge is 0.225 e. The second kappa shape index (κ2) is 7.42. The topological polar surface area (TPSA) is 67.9 Å². The molecule has 2 heterocycles. The van der Waals surface area contributed by atoms with Crippen LogP contribution in [0.1, 0.15) is 36.5 Å². The highest BCUT2D eigenvalue weighted by molar-refractivity contribution is 5.95. The molecule has 2 fully saturated rings. The maximum Gasteiger partial charge on any atom is 0.225 e. The zero-order valence-electron chi connectivity index (χ0n) is 14.0. The van der Waals surface area contributed by atoms with Crippen molar-refractivity contribution in [3.8, 4) is 0 Å². The number of rotatable bonds is 5. The molecule has 1 amide bonds. The zero-order valence-corrected chi connectivity index (χ0v) is 14.0. The molecule has 130 valence electrons. The lowest BCUT2D eigenvalue weighted by Gasteiger charge is -2.37. The standard InChI is InChI=1S/C18H24N2O4/c1-14(21)15-2-4-16(5-3-15)19-17(22)6-9-20-10-7-18(8-11-20)23-12-13-24-18/h2-5H,6-13H2,1H3,(H,19,22). The van der Waals surface area contributed by atoms with Crippen molar-refractivity contribution < 1.29 is 19.1 Å². The number of carbonyl (C=O) groups is 2. The SMILES string of the molecule is CC(=O)c1ccc(NC(=O)CCN2CCC3(CC2)OCCO3)cc1. The molecule has 24 heavy (non-hydrogen) atoms. The van der Waals surface area contributed by atoms with Gasteiger partial charge in [-0.3, -0.25) is 9.59 Å². The maximum atomic E-state index is 12.1. The van der Waals surface area contributed by atoms with E-state index in [4.69, 9.17) is 9.47 Å². The molecule has 0 unspecified atom stereocenters. The number of nitrogens with zero attached hydrogens (tertiary/aromatic N) is 1. The van der Waals surface area contributed by atoms with Gasteiger partial charge in [-0.2, -0.15) is 0 Å². The van der Waals surface area contributed by atoms with Crippen molar-refractivity contribution >= 4 is 17.4 Å². The van der Waals surface area contributed by atoms with E-state index in [1.807, 2.05) is 0 Å². The van der Waals surface area contributed by atoms with E-state index in [9.17, 15) is 9.59 Å². The molecule has 0 bridgehead atoms. The quantitative estimate of drug-likeness (QED) is 0.836. The Labute approximate surface area is 142 Å². The zero-order chi connectivity index (χ0) is 17.0. The summed E-state index contributed by atoms with van der Waals surface area (Å²) in [5, 5.41) is 2.87. The van der Waals surface area contributed by atoms with Crippen molar-refractivity contribution in [3.63, 3.8) is 0 Å². The predicted molar refractivity (Wildman–Crippen MR) is 90.0 cm³/mol. The summed E-state index contributed by atoms with van der Waals surface area (Å²) in [5.74, 6) is -0.359. The maximum absolute atomic E-state index is 12.1. The van der Waals surface area contributed by atoms with Crippen molar-refractivity contribution in [2.24, 2.45) is 0 Å². The van der Waals surface area contributed by atoms with Crippen molar-refractivity contribution in [3.05, 3.63) is 29.8 Å². The summed E-state index contributed by atoms with van der Waals surface area (Å²) in [6.45, 7) is 5.41. The number of benzene rings is 1. The molecule has 2 aliphatic heterocycles. The molecule has 0 aromatic heterocycles. The van der Waals surface area contributed by atoms with Crippen molar-refractivity contribution in [2.45, 2.75) is 32.0 Å². The van der Waals surface area contributed by atoms with E-state index in [0.29, 0.717) is 25.2 Å². The number of hydrogen-bond acceptors (Lipinski definition) is 5. The number of Topliss-reactive ketones (excluding diaryl/α,β-unsaturated/α-hetero) is 1. The fourth-order valence-electron chi connectivity index (χ4n) is 3.17. The molecule has 2 aliphatic rings. The van der Waals surface area contributed by atoms with Gasteiger partial charge in [0.25, 0.3) is 0 Å². The summed E-state index contributed by atoms with van der Waals surface area (Å²) < 4.78 is 11.4. The lowest BCUT2D eigenvalue weighted by Crippen LogP contribution is -2.45. The van der Waals surface area contributed by atoms with E-state index in [1.165, 1.54) is 6.92 Å². The van der Waals surface area contributed by atoms with Gasteiger partial charge in [-0.1, -0.05) is 0 Å². The third-order valence-corrected chi connectivity index (χ3v) is 4.66. The van der Waals surface area contributed by atoms with E-state index < -0.39 is 0 Å². The lowest BCUT2D eigenvalue weighted by molar-refractivity contribution is -0.185. The highest BCUT2D eigenvalue weighted by Gasteiger charge is 2.39.